The summed E-state index contributed by atoms with van der Waals surface area (Å²) in [5.74, 6) is -0.927. The second kappa shape index (κ2) is 7.50. The van der Waals surface area contributed by atoms with Crippen molar-refractivity contribution in [3.8, 4) is 0 Å². The molecule has 0 unspecified atom stereocenters. The molecule has 2 N–H and O–H groups in total. The maximum atomic E-state index is 11.8. The first kappa shape index (κ1) is 14.2. The maximum absolute atomic E-state index is 11.8. The van der Waals surface area contributed by atoms with Crippen molar-refractivity contribution in [1.29, 1.82) is 0 Å². The van der Waals surface area contributed by atoms with E-state index in [1.807, 2.05) is 17.5 Å². The summed E-state index contributed by atoms with van der Waals surface area (Å²) in [4.78, 5) is 24.8. The predicted molar refractivity (Wildman–Crippen MR) is 70.6 cm³/mol. The Hall–Kier alpha value is -1.82. The highest BCUT2D eigenvalue weighted by Crippen LogP contribution is 2.11. The van der Waals surface area contributed by atoms with Crippen molar-refractivity contribution in [3.05, 3.63) is 35.0 Å². The minimum absolute atomic E-state index is 0.0767. The third-order valence-electron chi connectivity index (χ3n) is 2.18. The van der Waals surface area contributed by atoms with Crippen LogP contribution in [-0.4, -0.2) is 35.1 Å². The molecule has 0 spiro atoms. The summed E-state index contributed by atoms with van der Waals surface area (Å²) in [5.41, 5.74) is 0. The van der Waals surface area contributed by atoms with E-state index in [-0.39, 0.29) is 19.0 Å². The number of nitrogens with zero attached hydrogens (tertiary/aromatic N) is 1. The predicted octanol–water partition coefficient (Wildman–Crippen LogP) is 1.92. The Morgan fingerprint density at radius 2 is 2.33 bits per heavy atom. The second-order valence-electron chi connectivity index (χ2n) is 3.62. The van der Waals surface area contributed by atoms with Crippen LogP contribution in [0.5, 0.6) is 0 Å². The number of urea groups is 1. The van der Waals surface area contributed by atoms with Crippen molar-refractivity contribution in [1.82, 2.24) is 10.2 Å². The minimum Gasteiger partial charge on any atom is -0.481 e. The van der Waals surface area contributed by atoms with Gasteiger partial charge in [-0.15, -0.1) is 17.9 Å². The van der Waals surface area contributed by atoms with Crippen LogP contribution in [0.4, 0.5) is 4.79 Å². The van der Waals surface area contributed by atoms with Crippen LogP contribution in [0, 0.1) is 0 Å². The van der Waals surface area contributed by atoms with E-state index in [0.29, 0.717) is 13.1 Å². The molecular weight excluding hydrogens is 252 g/mol. The first-order valence-corrected chi connectivity index (χ1v) is 6.39. The second-order valence-corrected chi connectivity index (χ2v) is 4.66. The first-order chi connectivity index (χ1) is 8.63. The van der Waals surface area contributed by atoms with Crippen molar-refractivity contribution in [3.63, 3.8) is 0 Å². The first-order valence-electron chi connectivity index (χ1n) is 5.51. The molecule has 0 bridgehead atoms. The van der Waals surface area contributed by atoms with Gasteiger partial charge in [-0.2, -0.15) is 0 Å². The lowest BCUT2D eigenvalue weighted by molar-refractivity contribution is -0.136. The Bertz CT molecular complexity index is 403. The lowest BCUT2D eigenvalue weighted by atomic mass is 10.4. The fourth-order valence-corrected chi connectivity index (χ4v) is 2.07. The highest BCUT2D eigenvalue weighted by Gasteiger charge is 2.12. The van der Waals surface area contributed by atoms with Gasteiger partial charge in [0, 0.05) is 18.0 Å². The quantitative estimate of drug-likeness (QED) is 0.742. The molecule has 0 saturated heterocycles. The molecule has 1 heterocycles. The van der Waals surface area contributed by atoms with Gasteiger partial charge in [-0.25, -0.2) is 4.79 Å². The number of amides is 2. The smallest absolute Gasteiger partial charge is 0.318 e. The van der Waals surface area contributed by atoms with Crippen molar-refractivity contribution in [2.75, 3.05) is 13.1 Å². The normalized spacial score (nSPS) is 9.78. The fourth-order valence-electron chi connectivity index (χ4n) is 1.35. The van der Waals surface area contributed by atoms with Crippen molar-refractivity contribution < 1.29 is 14.7 Å². The number of thiophene rings is 1. The van der Waals surface area contributed by atoms with Crippen LogP contribution in [0.15, 0.2) is 30.2 Å². The van der Waals surface area contributed by atoms with Crippen LogP contribution >= 0.6 is 11.3 Å². The van der Waals surface area contributed by atoms with Crippen molar-refractivity contribution in [2.24, 2.45) is 0 Å². The van der Waals surface area contributed by atoms with Gasteiger partial charge in [0.1, 0.15) is 0 Å². The van der Waals surface area contributed by atoms with Crippen molar-refractivity contribution >= 4 is 23.3 Å². The molecule has 0 saturated carbocycles. The highest BCUT2D eigenvalue weighted by atomic mass is 32.1. The van der Waals surface area contributed by atoms with Crippen LogP contribution in [-0.2, 0) is 11.3 Å². The minimum atomic E-state index is -0.927. The van der Waals surface area contributed by atoms with Crippen LogP contribution in [0.25, 0.3) is 0 Å². The molecule has 0 atom stereocenters. The Morgan fingerprint density at radius 3 is 2.89 bits per heavy atom. The number of carboxylic acid groups (broad SMARTS) is 1. The number of carbonyl (C=O) groups excluding carboxylic acids is 1. The number of hydrogen-bond acceptors (Lipinski definition) is 3. The third kappa shape index (κ3) is 5.01. The van der Waals surface area contributed by atoms with E-state index in [4.69, 9.17) is 5.11 Å². The molecule has 0 radical (unpaired) electrons. The highest BCUT2D eigenvalue weighted by molar-refractivity contribution is 7.09. The molecule has 2 amide bonds. The summed E-state index contributed by atoms with van der Waals surface area (Å²) in [6.07, 6.45) is 1.57. The zero-order chi connectivity index (χ0) is 13.4. The molecule has 0 aliphatic rings. The van der Waals surface area contributed by atoms with Crippen molar-refractivity contribution in [2.45, 2.75) is 13.0 Å². The van der Waals surface area contributed by atoms with Gasteiger partial charge in [-0.05, 0) is 11.4 Å². The fraction of sp³-hybridized carbons (Fsp3) is 0.333. The van der Waals surface area contributed by atoms with Gasteiger partial charge in [-0.1, -0.05) is 12.1 Å². The zero-order valence-corrected chi connectivity index (χ0v) is 10.8. The molecular formula is C12H16N2O3S. The molecule has 1 aromatic rings. The maximum Gasteiger partial charge on any atom is 0.318 e. The molecule has 0 fully saturated rings. The number of hydrogen-bond donors (Lipinski definition) is 2. The van der Waals surface area contributed by atoms with E-state index in [0.717, 1.165) is 4.88 Å². The van der Waals surface area contributed by atoms with Gasteiger partial charge in [0.25, 0.3) is 0 Å². The summed E-state index contributed by atoms with van der Waals surface area (Å²) in [6.45, 7) is 4.67. The Labute approximate surface area is 110 Å². The average Bonchev–Trinajstić information content (AvgIpc) is 2.80. The van der Waals surface area contributed by atoms with E-state index >= 15 is 0 Å². The van der Waals surface area contributed by atoms with Gasteiger partial charge in [-0.3, -0.25) is 4.79 Å². The van der Waals surface area contributed by atoms with E-state index in [1.54, 1.807) is 22.3 Å². The summed E-state index contributed by atoms with van der Waals surface area (Å²) in [7, 11) is 0. The van der Waals surface area contributed by atoms with Crippen LogP contribution in [0.2, 0.25) is 0 Å². The number of carboxylic acids is 1. The molecule has 1 aromatic heterocycles. The molecule has 6 heteroatoms. The van der Waals surface area contributed by atoms with E-state index < -0.39 is 5.97 Å². The number of aliphatic carboxylic acids is 1. The lowest BCUT2D eigenvalue weighted by Gasteiger charge is -2.20. The summed E-state index contributed by atoms with van der Waals surface area (Å²) in [5, 5.41) is 13.0. The molecule has 0 aromatic carbocycles. The van der Waals surface area contributed by atoms with E-state index in [2.05, 4.69) is 11.9 Å². The Balaban J connectivity index is 2.47. The van der Waals surface area contributed by atoms with Crippen LogP contribution in [0.1, 0.15) is 11.3 Å². The monoisotopic (exact) mass is 268 g/mol. The summed E-state index contributed by atoms with van der Waals surface area (Å²) in [6, 6.07) is 3.60. The Morgan fingerprint density at radius 1 is 1.56 bits per heavy atom. The lowest BCUT2D eigenvalue weighted by Crippen LogP contribution is -2.40. The van der Waals surface area contributed by atoms with Crippen LogP contribution in [0.3, 0.4) is 0 Å². The number of carbonyl (C=O) groups is 2. The van der Waals surface area contributed by atoms with Gasteiger partial charge in [0.15, 0.2) is 0 Å². The molecule has 0 aliphatic heterocycles. The molecule has 0 aliphatic carbocycles. The molecule has 18 heavy (non-hydrogen) atoms. The standard InChI is InChI=1S/C12H16N2O3S/c1-2-7-14(9-10-4-3-8-18-10)12(17)13-6-5-11(15)16/h2-4,8H,1,5-7,9H2,(H,13,17)(H,15,16). The van der Waals surface area contributed by atoms with E-state index in [1.165, 1.54) is 0 Å². The van der Waals surface area contributed by atoms with Gasteiger partial charge in [0.2, 0.25) is 0 Å². The van der Waals surface area contributed by atoms with E-state index in [9.17, 15) is 9.59 Å². The molecule has 1 rings (SSSR count). The third-order valence-corrected chi connectivity index (χ3v) is 3.04. The average molecular weight is 268 g/mol. The molecule has 5 nitrogen and oxygen atoms in total. The van der Waals surface area contributed by atoms with Gasteiger partial charge in [0.05, 0.1) is 13.0 Å². The largest absolute Gasteiger partial charge is 0.481 e. The number of nitrogens with one attached hydrogen (secondary N) is 1. The van der Waals surface area contributed by atoms with Gasteiger partial charge < -0.3 is 15.3 Å². The molecule has 98 valence electrons. The van der Waals surface area contributed by atoms with Crippen LogP contribution < -0.4 is 5.32 Å². The SMILES string of the molecule is C=CCN(Cc1cccs1)C(=O)NCCC(=O)O. The zero-order valence-electron chi connectivity index (χ0n) is 9.96. The summed E-state index contributed by atoms with van der Waals surface area (Å²) < 4.78 is 0. The summed E-state index contributed by atoms with van der Waals surface area (Å²) >= 11 is 1.57. The number of rotatable bonds is 7. The van der Waals surface area contributed by atoms with Gasteiger partial charge >= 0.3 is 12.0 Å². The topological polar surface area (TPSA) is 69.6 Å². The Kier molecular flexibility index (Phi) is 5.93.